The van der Waals surface area contributed by atoms with Crippen molar-refractivity contribution in [2.45, 2.75) is 64.9 Å². The third kappa shape index (κ3) is 3.92. The second-order valence-corrected chi connectivity index (χ2v) is 7.43. The lowest BCUT2D eigenvalue weighted by molar-refractivity contribution is -0.155. The Morgan fingerprint density at radius 2 is 1.58 bits per heavy atom. The van der Waals surface area contributed by atoms with Gasteiger partial charge in [-0.05, 0) is 40.5 Å². The smallest absolute Gasteiger partial charge is 0.254 e. The Labute approximate surface area is 151 Å². The number of aliphatic hydroxyl groups is 1. The number of alkyl halides is 2. The van der Waals surface area contributed by atoms with Crippen LogP contribution in [0.3, 0.4) is 0 Å². The molecule has 1 saturated heterocycles. The molecule has 1 fully saturated rings. The molecule has 0 aromatic carbocycles. The van der Waals surface area contributed by atoms with Crippen LogP contribution < -0.4 is 0 Å². The summed E-state index contributed by atoms with van der Waals surface area (Å²) in [6.45, 7) is 5.85. The molecule has 1 unspecified atom stereocenters. The topological polar surface area (TPSA) is 74.7 Å². The summed E-state index contributed by atoms with van der Waals surface area (Å²) in [5, 5.41) is 10.5. The van der Waals surface area contributed by atoms with Gasteiger partial charge in [0, 0.05) is 48.2 Å². The molecule has 1 aliphatic carbocycles. The van der Waals surface area contributed by atoms with E-state index in [9.17, 15) is 28.3 Å². The summed E-state index contributed by atoms with van der Waals surface area (Å²) in [6.07, 6.45) is -0.828. The average Bonchev–Trinajstić information content (AvgIpc) is 2.57. The number of nitrogens with zero attached hydrogens (tertiary/aromatic N) is 1. The van der Waals surface area contributed by atoms with Gasteiger partial charge in [0.1, 0.15) is 5.60 Å². The first-order valence-corrected chi connectivity index (χ1v) is 8.73. The fourth-order valence-electron chi connectivity index (χ4n) is 3.31. The van der Waals surface area contributed by atoms with E-state index in [1.165, 1.54) is 11.8 Å². The summed E-state index contributed by atoms with van der Waals surface area (Å²) in [7, 11) is 0. The van der Waals surface area contributed by atoms with Gasteiger partial charge in [-0.3, -0.25) is 14.4 Å². The van der Waals surface area contributed by atoms with Crippen molar-refractivity contribution in [2.24, 2.45) is 0 Å². The second-order valence-electron chi connectivity index (χ2n) is 7.43. The highest BCUT2D eigenvalue weighted by Gasteiger charge is 2.41. The SMILES string of the molecule is CC1=C(C)C(=O)C(CCC(C)(O)C(=O)N2CCC(F)(F)CC2)=C(C)C1=O. The minimum absolute atomic E-state index is 0.0588. The molecule has 1 amide bonds. The predicted octanol–water partition coefficient (Wildman–Crippen LogP) is 2.58. The fraction of sp³-hybridized carbons (Fsp3) is 0.632. The number of piperidine rings is 1. The van der Waals surface area contributed by atoms with Gasteiger partial charge in [0.05, 0.1) is 0 Å². The molecule has 0 bridgehead atoms. The molecule has 0 radical (unpaired) electrons. The fourth-order valence-corrected chi connectivity index (χ4v) is 3.31. The number of hydrogen-bond donors (Lipinski definition) is 1. The van der Waals surface area contributed by atoms with Crippen LogP contribution in [0.15, 0.2) is 22.3 Å². The highest BCUT2D eigenvalue weighted by atomic mass is 19.3. The lowest BCUT2D eigenvalue weighted by atomic mass is 9.82. The molecule has 0 aromatic heterocycles. The number of halogens is 2. The number of hydrogen-bond acceptors (Lipinski definition) is 4. The first-order valence-electron chi connectivity index (χ1n) is 8.73. The lowest BCUT2D eigenvalue weighted by Crippen LogP contribution is -2.51. The maximum absolute atomic E-state index is 13.2. The zero-order valence-electron chi connectivity index (χ0n) is 15.6. The minimum atomic E-state index is -2.78. The van der Waals surface area contributed by atoms with Crippen molar-refractivity contribution in [3.8, 4) is 0 Å². The molecule has 0 aromatic rings. The Kier molecular flexibility index (Phi) is 5.52. The number of carbonyl (C=O) groups excluding carboxylic acids is 3. The molecule has 26 heavy (non-hydrogen) atoms. The minimum Gasteiger partial charge on any atom is -0.380 e. The molecule has 1 aliphatic heterocycles. The molecule has 1 heterocycles. The number of amides is 1. The van der Waals surface area contributed by atoms with E-state index in [0.717, 1.165) is 0 Å². The highest BCUT2D eigenvalue weighted by molar-refractivity contribution is 6.24. The molecule has 2 rings (SSSR count). The van der Waals surface area contributed by atoms with Crippen molar-refractivity contribution in [2.75, 3.05) is 13.1 Å². The number of Topliss-reactive ketones (excluding diaryl/α,β-unsaturated/α-hetero) is 2. The Hall–Kier alpha value is -1.89. The molecule has 0 saturated carbocycles. The van der Waals surface area contributed by atoms with Gasteiger partial charge in [0.15, 0.2) is 11.6 Å². The molecule has 1 N–H and O–H groups in total. The Bertz CT molecular complexity index is 709. The molecule has 0 spiro atoms. The Morgan fingerprint density at radius 1 is 1.08 bits per heavy atom. The molecular formula is C19H25F2NO4. The van der Waals surface area contributed by atoms with Gasteiger partial charge in [-0.2, -0.15) is 0 Å². The van der Waals surface area contributed by atoms with Crippen molar-refractivity contribution in [1.29, 1.82) is 0 Å². The largest absolute Gasteiger partial charge is 0.380 e. The van der Waals surface area contributed by atoms with Crippen LogP contribution in [0.2, 0.25) is 0 Å². The van der Waals surface area contributed by atoms with Crippen molar-refractivity contribution in [1.82, 2.24) is 4.90 Å². The van der Waals surface area contributed by atoms with Crippen LogP contribution in [0.1, 0.15) is 53.4 Å². The van der Waals surface area contributed by atoms with Gasteiger partial charge in [-0.15, -0.1) is 0 Å². The van der Waals surface area contributed by atoms with Crippen LogP contribution in [-0.2, 0) is 14.4 Å². The molecule has 144 valence electrons. The maximum atomic E-state index is 13.2. The molecule has 1 atom stereocenters. The number of likely N-dealkylation sites (tertiary alicyclic amines) is 1. The van der Waals surface area contributed by atoms with Crippen LogP contribution in [0, 0.1) is 0 Å². The van der Waals surface area contributed by atoms with Gasteiger partial charge in [0.2, 0.25) is 0 Å². The van der Waals surface area contributed by atoms with Crippen molar-refractivity contribution in [3.63, 3.8) is 0 Å². The van der Waals surface area contributed by atoms with Gasteiger partial charge < -0.3 is 10.0 Å². The predicted molar refractivity (Wildman–Crippen MR) is 91.7 cm³/mol. The number of carbonyl (C=O) groups is 3. The summed E-state index contributed by atoms with van der Waals surface area (Å²) < 4.78 is 26.5. The Morgan fingerprint density at radius 3 is 2.12 bits per heavy atom. The van der Waals surface area contributed by atoms with Gasteiger partial charge in [-0.1, -0.05) is 0 Å². The first-order chi connectivity index (χ1) is 11.9. The van der Waals surface area contributed by atoms with Gasteiger partial charge in [-0.25, -0.2) is 8.78 Å². The quantitative estimate of drug-likeness (QED) is 0.773. The van der Waals surface area contributed by atoms with Crippen molar-refractivity contribution in [3.05, 3.63) is 22.3 Å². The third-order valence-corrected chi connectivity index (χ3v) is 5.42. The lowest BCUT2D eigenvalue weighted by Gasteiger charge is -2.36. The van der Waals surface area contributed by atoms with Crippen LogP contribution in [0.25, 0.3) is 0 Å². The van der Waals surface area contributed by atoms with Crippen molar-refractivity contribution < 1.29 is 28.3 Å². The number of allylic oxidation sites excluding steroid dienone is 4. The van der Waals surface area contributed by atoms with E-state index in [4.69, 9.17) is 0 Å². The van der Waals surface area contributed by atoms with Crippen LogP contribution in [-0.4, -0.2) is 52.1 Å². The van der Waals surface area contributed by atoms with Crippen LogP contribution in [0.5, 0.6) is 0 Å². The van der Waals surface area contributed by atoms with E-state index in [1.807, 2.05) is 0 Å². The molecule has 7 heteroatoms. The maximum Gasteiger partial charge on any atom is 0.254 e. The van der Waals surface area contributed by atoms with Crippen LogP contribution >= 0.6 is 0 Å². The number of ketones is 2. The standard InChI is InChI=1S/C19H25F2NO4/c1-11-12(2)16(24)14(13(3)15(11)23)5-6-18(4,26)17(25)22-9-7-19(20,21)8-10-22/h26H,5-10H2,1-4H3. The van der Waals surface area contributed by atoms with E-state index in [2.05, 4.69) is 0 Å². The number of rotatable bonds is 4. The molecule has 5 nitrogen and oxygen atoms in total. The normalized spacial score (nSPS) is 23.4. The van der Waals surface area contributed by atoms with Crippen molar-refractivity contribution >= 4 is 17.5 Å². The highest BCUT2D eigenvalue weighted by Crippen LogP contribution is 2.32. The summed E-state index contributed by atoms with van der Waals surface area (Å²) in [5.41, 5.74) is -0.364. The zero-order chi connectivity index (χ0) is 19.9. The molecule has 2 aliphatic rings. The van der Waals surface area contributed by atoms with E-state index in [1.54, 1.807) is 20.8 Å². The summed E-state index contributed by atoms with van der Waals surface area (Å²) in [5.74, 6) is -3.85. The van der Waals surface area contributed by atoms with E-state index >= 15 is 0 Å². The third-order valence-electron chi connectivity index (χ3n) is 5.42. The summed E-state index contributed by atoms with van der Waals surface area (Å²) >= 11 is 0. The second kappa shape index (κ2) is 7.02. The monoisotopic (exact) mass is 369 g/mol. The van der Waals surface area contributed by atoms with Crippen LogP contribution in [0.4, 0.5) is 8.78 Å². The van der Waals surface area contributed by atoms with Gasteiger partial charge in [0.25, 0.3) is 11.8 Å². The Balaban J connectivity index is 2.07. The first kappa shape index (κ1) is 20.4. The summed E-state index contributed by atoms with van der Waals surface area (Å²) in [6, 6.07) is 0. The van der Waals surface area contributed by atoms with E-state index in [-0.39, 0.29) is 37.5 Å². The summed E-state index contributed by atoms with van der Waals surface area (Å²) in [4.78, 5) is 38.3. The van der Waals surface area contributed by atoms with Gasteiger partial charge >= 0.3 is 0 Å². The molecular weight excluding hydrogens is 344 g/mol. The van der Waals surface area contributed by atoms with E-state index in [0.29, 0.717) is 22.3 Å². The average molecular weight is 369 g/mol. The van der Waals surface area contributed by atoms with E-state index < -0.39 is 30.3 Å². The zero-order valence-corrected chi connectivity index (χ0v) is 15.6.